The minimum atomic E-state index is -0.117. The molecule has 2 amide bonds. The predicted molar refractivity (Wildman–Crippen MR) is 141 cm³/mol. The number of fused-ring (bicyclic) bond motifs is 1. The number of ether oxygens (including phenoxy) is 2. The minimum Gasteiger partial charge on any atom is -0.454 e. The molecule has 2 aliphatic rings. The third-order valence-electron chi connectivity index (χ3n) is 5.89. The molecule has 11 heteroatoms. The van der Waals surface area contributed by atoms with Gasteiger partial charge >= 0.3 is 0 Å². The number of thiazole rings is 1. The van der Waals surface area contributed by atoms with Crippen molar-refractivity contribution in [3.8, 4) is 11.5 Å². The first kappa shape index (κ1) is 24.9. The van der Waals surface area contributed by atoms with Crippen molar-refractivity contribution < 1.29 is 19.1 Å². The second-order valence-electron chi connectivity index (χ2n) is 8.47. The van der Waals surface area contributed by atoms with Crippen LogP contribution in [0.1, 0.15) is 11.3 Å². The maximum atomic E-state index is 12.8. The lowest BCUT2D eigenvalue weighted by atomic mass is 10.1. The second kappa shape index (κ2) is 11.5. The summed E-state index contributed by atoms with van der Waals surface area (Å²) in [4.78, 5) is 33.8. The van der Waals surface area contributed by atoms with Crippen LogP contribution in [-0.4, -0.2) is 65.3 Å². The zero-order valence-corrected chi connectivity index (χ0v) is 21.8. The van der Waals surface area contributed by atoms with Gasteiger partial charge in [-0.25, -0.2) is 4.98 Å². The molecule has 0 bridgehead atoms. The summed E-state index contributed by atoms with van der Waals surface area (Å²) in [5.41, 5.74) is 2.62. The van der Waals surface area contributed by atoms with Gasteiger partial charge in [-0.05, 0) is 42.0 Å². The Morgan fingerprint density at radius 2 is 1.83 bits per heavy atom. The van der Waals surface area contributed by atoms with Crippen LogP contribution in [0.2, 0.25) is 5.02 Å². The standard InChI is InChI=1S/C25H25ClN4O4S2/c26-18-2-4-19(5-3-18)27-23(31)15-36-25-28-20(14-35-25)12-24(32)30-9-7-29(8-10-30)13-17-1-6-21-22(11-17)34-16-33-21/h1-6,11,14H,7-10,12-13,15-16H2,(H,27,31). The Balaban J connectivity index is 1.04. The van der Waals surface area contributed by atoms with Crippen LogP contribution in [0.25, 0.3) is 0 Å². The summed E-state index contributed by atoms with van der Waals surface area (Å²) < 4.78 is 11.6. The van der Waals surface area contributed by atoms with Crippen LogP contribution >= 0.6 is 34.7 Å². The first-order valence-electron chi connectivity index (χ1n) is 11.5. The normalized spacial score (nSPS) is 15.2. The molecular formula is C25H25ClN4O4S2. The number of hydrogen-bond donors (Lipinski definition) is 1. The second-order valence-corrected chi connectivity index (χ2v) is 11.0. The summed E-state index contributed by atoms with van der Waals surface area (Å²) in [5.74, 6) is 1.80. The van der Waals surface area contributed by atoms with E-state index >= 15 is 0 Å². The molecule has 2 aromatic carbocycles. The zero-order chi connectivity index (χ0) is 24.9. The van der Waals surface area contributed by atoms with Gasteiger partial charge in [-0.15, -0.1) is 11.3 Å². The van der Waals surface area contributed by atoms with Crippen molar-refractivity contribution >= 4 is 52.2 Å². The minimum absolute atomic E-state index is 0.0834. The largest absolute Gasteiger partial charge is 0.454 e. The van der Waals surface area contributed by atoms with Crippen LogP contribution in [0.15, 0.2) is 52.2 Å². The summed E-state index contributed by atoms with van der Waals surface area (Å²) in [6.07, 6.45) is 0.274. The average molecular weight is 545 g/mol. The van der Waals surface area contributed by atoms with E-state index in [0.717, 1.165) is 41.2 Å². The molecule has 3 heterocycles. The fraction of sp³-hybridized carbons (Fsp3) is 0.320. The summed E-state index contributed by atoms with van der Waals surface area (Å²) in [7, 11) is 0. The number of rotatable bonds is 8. The SMILES string of the molecule is O=C(CSc1nc(CC(=O)N2CCN(Cc3ccc4c(c3)OCO4)CC2)cs1)Nc1ccc(Cl)cc1. The molecule has 188 valence electrons. The Labute approximate surface area is 222 Å². The number of carbonyl (C=O) groups excluding carboxylic acids is 2. The number of benzene rings is 2. The molecule has 1 aromatic heterocycles. The van der Waals surface area contributed by atoms with Gasteiger partial charge in [-0.1, -0.05) is 29.4 Å². The Morgan fingerprint density at radius 3 is 2.64 bits per heavy atom. The third kappa shape index (κ3) is 6.50. The molecule has 0 saturated carbocycles. The number of carbonyl (C=O) groups is 2. The zero-order valence-electron chi connectivity index (χ0n) is 19.4. The van der Waals surface area contributed by atoms with Gasteiger partial charge in [0.25, 0.3) is 0 Å². The van der Waals surface area contributed by atoms with E-state index in [1.165, 1.54) is 28.7 Å². The van der Waals surface area contributed by atoms with Gasteiger partial charge in [0.05, 0.1) is 17.9 Å². The molecule has 36 heavy (non-hydrogen) atoms. The van der Waals surface area contributed by atoms with Gasteiger partial charge in [0, 0.05) is 48.8 Å². The molecule has 3 aromatic rings. The van der Waals surface area contributed by atoms with Crippen molar-refractivity contribution in [1.82, 2.24) is 14.8 Å². The van der Waals surface area contributed by atoms with Gasteiger partial charge in [-0.2, -0.15) is 0 Å². The van der Waals surface area contributed by atoms with Gasteiger partial charge in [-0.3, -0.25) is 14.5 Å². The summed E-state index contributed by atoms with van der Waals surface area (Å²) in [5, 5.41) is 5.35. The Kier molecular flexibility index (Phi) is 7.96. The molecule has 2 aliphatic heterocycles. The lowest BCUT2D eigenvalue weighted by Gasteiger charge is -2.34. The first-order valence-corrected chi connectivity index (χ1v) is 13.8. The Bertz CT molecular complexity index is 1230. The third-order valence-corrected chi connectivity index (χ3v) is 8.21. The molecular weight excluding hydrogens is 520 g/mol. The maximum absolute atomic E-state index is 12.8. The van der Waals surface area contributed by atoms with Crippen LogP contribution in [0.5, 0.6) is 11.5 Å². The number of nitrogens with one attached hydrogen (secondary N) is 1. The maximum Gasteiger partial charge on any atom is 0.234 e. The molecule has 0 atom stereocenters. The highest BCUT2D eigenvalue weighted by Crippen LogP contribution is 2.33. The number of piperazine rings is 1. The topological polar surface area (TPSA) is 84.0 Å². The molecule has 0 aliphatic carbocycles. The van der Waals surface area contributed by atoms with Crippen LogP contribution in [-0.2, 0) is 22.6 Å². The molecule has 0 spiro atoms. The van der Waals surface area contributed by atoms with Crippen LogP contribution < -0.4 is 14.8 Å². The summed E-state index contributed by atoms with van der Waals surface area (Å²) in [6.45, 7) is 4.12. The van der Waals surface area contributed by atoms with Crippen LogP contribution in [0.3, 0.4) is 0 Å². The van der Waals surface area contributed by atoms with E-state index in [0.29, 0.717) is 23.8 Å². The first-order chi connectivity index (χ1) is 17.5. The van der Waals surface area contributed by atoms with E-state index in [1.807, 2.05) is 22.4 Å². The van der Waals surface area contributed by atoms with Crippen molar-refractivity contribution in [2.45, 2.75) is 17.3 Å². The highest BCUT2D eigenvalue weighted by Gasteiger charge is 2.23. The summed E-state index contributed by atoms with van der Waals surface area (Å²) in [6, 6.07) is 13.0. The van der Waals surface area contributed by atoms with Gasteiger partial charge in [0.2, 0.25) is 18.6 Å². The fourth-order valence-corrected chi connectivity index (χ4v) is 5.78. The van der Waals surface area contributed by atoms with Crippen molar-refractivity contribution in [2.75, 3.05) is 44.0 Å². The highest BCUT2D eigenvalue weighted by atomic mass is 35.5. The smallest absolute Gasteiger partial charge is 0.234 e. The van der Waals surface area contributed by atoms with Crippen molar-refractivity contribution in [1.29, 1.82) is 0 Å². The Morgan fingerprint density at radius 1 is 1.06 bits per heavy atom. The quantitative estimate of drug-likeness (QED) is 0.427. The van der Waals surface area contributed by atoms with E-state index in [2.05, 4.69) is 21.3 Å². The highest BCUT2D eigenvalue weighted by molar-refractivity contribution is 8.01. The Hall–Kier alpha value is -2.79. The number of nitrogens with zero attached hydrogens (tertiary/aromatic N) is 3. The number of halogens is 1. The number of amides is 2. The average Bonchev–Trinajstić information content (AvgIpc) is 3.53. The molecule has 1 saturated heterocycles. The molecule has 0 unspecified atom stereocenters. The number of aromatic nitrogens is 1. The number of hydrogen-bond acceptors (Lipinski definition) is 8. The molecule has 1 fully saturated rings. The van der Waals surface area contributed by atoms with Crippen LogP contribution in [0, 0.1) is 0 Å². The van der Waals surface area contributed by atoms with E-state index in [4.69, 9.17) is 21.1 Å². The van der Waals surface area contributed by atoms with Crippen molar-refractivity contribution in [3.63, 3.8) is 0 Å². The van der Waals surface area contributed by atoms with E-state index in [9.17, 15) is 9.59 Å². The van der Waals surface area contributed by atoms with Gasteiger partial charge in [0.1, 0.15) is 0 Å². The lowest BCUT2D eigenvalue weighted by Crippen LogP contribution is -2.48. The van der Waals surface area contributed by atoms with Crippen LogP contribution in [0.4, 0.5) is 5.69 Å². The molecule has 0 radical (unpaired) electrons. The van der Waals surface area contributed by atoms with E-state index < -0.39 is 0 Å². The van der Waals surface area contributed by atoms with Crippen molar-refractivity contribution in [3.05, 3.63) is 64.1 Å². The monoisotopic (exact) mass is 544 g/mol. The molecule has 8 nitrogen and oxygen atoms in total. The fourth-order valence-electron chi connectivity index (χ4n) is 4.01. The lowest BCUT2D eigenvalue weighted by molar-refractivity contribution is -0.132. The number of thioether (sulfide) groups is 1. The van der Waals surface area contributed by atoms with Gasteiger partial charge < -0.3 is 19.7 Å². The molecule has 5 rings (SSSR count). The van der Waals surface area contributed by atoms with E-state index in [1.54, 1.807) is 24.3 Å². The molecule has 1 N–H and O–H groups in total. The van der Waals surface area contributed by atoms with Gasteiger partial charge in [0.15, 0.2) is 15.8 Å². The van der Waals surface area contributed by atoms with E-state index in [-0.39, 0.29) is 30.8 Å². The van der Waals surface area contributed by atoms with Crippen molar-refractivity contribution in [2.24, 2.45) is 0 Å². The summed E-state index contributed by atoms with van der Waals surface area (Å²) >= 11 is 8.69. The number of anilines is 1. The predicted octanol–water partition coefficient (Wildman–Crippen LogP) is 4.14.